The number of likely N-dealkylation sites (N-methyl/N-ethyl adjacent to an activating group) is 1. The number of nitriles is 2. The number of amides is 1. The molecule has 0 saturated heterocycles. The Labute approximate surface area is 224 Å². The van der Waals surface area contributed by atoms with Gasteiger partial charge in [-0.25, -0.2) is 4.98 Å². The van der Waals surface area contributed by atoms with Gasteiger partial charge in [0.05, 0.1) is 30.3 Å². The van der Waals surface area contributed by atoms with Crippen molar-refractivity contribution in [3.05, 3.63) is 89.9 Å². The van der Waals surface area contributed by atoms with E-state index in [-0.39, 0.29) is 5.91 Å². The fourth-order valence-corrected chi connectivity index (χ4v) is 3.65. The average molecular weight is 508 g/mol. The largest absolute Gasteiger partial charge is 0.319 e. The van der Waals surface area contributed by atoms with Crippen LogP contribution in [0.1, 0.15) is 44.2 Å². The van der Waals surface area contributed by atoms with Gasteiger partial charge in [-0.1, -0.05) is 30.4 Å². The van der Waals surface area contributed by atoms with Gasteiger partial charge in [-0.2, -0.15) is 15.6 Å². The molecule has 194 valence electrons. The third-order valence-corrected chi connectivity index (χ3v) is 5.98. The summed E-state index contributed by atoms with van der Waals surface area (Å²) in [6.07, 6.45) is 14.8. The molecular formula is C30H33N7O. The number of benzene rings is 1. The molecule has 1 aromatic carbocycles. The molecule has 38 heavy (non-hydrogen) atoms. The minimum atomic E-state index is -0.707. The van der Waals surface area contributed by atoms with Crippen LogP contribution in [0, 0.1) is 22.7 Å². The summed E-state index contributed by atoms with van der Waals surface area (Å²) in [4.78, 5) is 16.4. The van der Waals surface area contributed by atoms with Gasteiger partial charge in [0, 0.05) is 23.5 Å². The van der Waals surface area contributed by atoms with E-state index in [2.05, 4.69) is 45.0 Å². The molecule has 8 nitrogen and oxygen atoms in total. The van der Waals surface area contributed by atoms with Crippen molar-refractivity contribution in [3.8, 4) is 23.3 Å². The van der Waals surface area contributed by atoms with Crippen molar-refractivity contribution in [1.29, 1.82) is 10.5 Å². The highest BCUT2D eigenvalue weighted by Crippen LogP contribution is 2.22. The van der Waals surface area contributed by atoms with Crippen LogP contribution >= 0.6 is 0 Å². The zero-order valence-electron chi connectivity index (χ0n) is 22.1. The molecule has 1 amide bonds. The van der Waals surface area contributed by atoms with E-state index in [4.69, 9.17) is 5.26 Å². The number of nitrogens with one attached hydrogen (secondary N) is 2. The SMILES string of the molecule is CC(C)(C#N)n1cc(-c2ccc(NC(=O)CC3=CCCC=C3)nc2)cn1.CNCCc1ccc(C#N)cc1. The molecule has 0 aliphatic heterocycles. The van der Waals surface area contributed by atoms with Gasteiger partial charge in [0.1, 0.15) is 11.4 Å². The second kappa shape index (κ2) is 13.7. The number of carbonyl (C=O) groups excluding carboxylic acids is 1. The van der Waals surface area contributed by atoms with Crippen LogP contribution in [-0.2, 0) is 16.8 Å². The highest BCUT2D eigenvalue weighted by molar-refractivity contribution is 5.91. The molecule has 8 heteroatoms. The van der Waals surface area contributed by atoms with E-state index in [9.17, 15) is 10.1 Å². The van der Waals surface area contributed by atoms with Gasteiger partial charge in [-0.3, -0.25) is 9.48 Å². The van der Waals surface area contributed by atoms with Crippen LogP contribution in [-0.4, -0.2) is 34.3 Å². The molecule has 3 aromatic rings. The first-order chi connectivity index (χ1) is 18.3. The molecule has 1 aliphatic carbocycles. The number of nitrogens with zero attached hydrogens (tertiary/aromatic N) is 5. The Morgan fingerprint density at radius 2 is 1.87 bits per heavy atom. The summed E-state index contributed by atoms with van der Waals surface area (Å²) in [5.41, 5.74) is 4.07. The first-order valence-electron chi connectivity index (χ1n) is 12.6. The highest BCUT2D eigenvalue weighted by Gasteiger charge is 2.20. The van der Waals surface area contributed by atoms with E-state index in [1.54, 1.807) is 37.0 Å². The fraction of sp³-hybridized carbons (Fsp3) is 0.300. The van der Waals surface area contributed by atoms with Gasteiger partial charge in [0.2, 0.25) is 5.91 Å². The van der Waals surface area contributed by atoms with Crippen LogP contribution in [0.3, 0.4) is 0 Å². The van der Waals surface area contributed by atoms with Crippen LogP contribution in [0.15, 0.2) is 78.8 Å². The Morgan fingerprint density at radius 1 is 1.08 bits per heavy atom. The van der Waals surface area contributed by atoms with Crippen molar-refractivity contribution in [3.63, 3.8) is 0 Å². The minimum Gasteiger partial charge on any atom is -0.319 e. The number of carbonyl (C=O) groups is 1. The summed E-state index contributed by atoms with van der Waals surface area (Å²) < 4.78 is 1.63. The number of aromatic nitrogens is 3. The first kappa shape index (κ1) is 28.0. The summed E-state index contributed by atoms with van der Waals surface area (Å²) in [7, 11) is 1.93. The third kappa shape index (κ3) is 8.26. The van der Waals surface area contributed by atoms with Gasteiger partial charge < -0.3 is 10.6 Å². The van der Waals surface area contributed by atoms with Crippen molar-refractivity contribution < 1.29 is 4.79 Å². The summed E-state index contributed by atoms with van der Waals surface area (Å²) in [6.45, 7) is 4.58. The van der Waals surface area contributed by atoms with E-state index in [0.29, 0.717) is 12.2 Å². The maximum atomic E-state index is 12.1. The molecule has 4 rings (SSSR count). The zero-order valence-corrected chi connectivity index (χ0v) is 22.1. The molecule has 2 aromatic heterocycles. The summed E-state index contributed by atoms with van der Waals surface area (Å²) >= 11 is 0. The third-order valence-electron chi connectivity index (χ3n) is 5.98. The second-order valence-electron chi connectivity index (χ2n) is 9.42. The van der Waals surface area contributed by atoms with E-state index in [1.807, 2.05) is 49.7 Å². The van der Waals surface area contributed by atoms with E-state index in [0.717, 1.165) is 48.1 Å². The lowest BCUT2D eigenvalue weighted by atomic mass is 10.0. The van der Waals surface area contributed by atoms with Crippen molar-refractivity contribution in [2.24, 2.45) is 0 Å². The number of anilines is 1. The second-order valence-corrected chi connectivity index (χ2v) is 9.42. The van der Waals surface area contributed by atoms with Crippen LogP contribution < -0.4 is 10.6 Å². The van der Waals surface area contributed by atoms with E-state index in [1.165, 1.54) is 5.56 Å². The van der Waals surface area contributed by atoms with Crippen LogP contribution in [0.25, 0.3) is 11.1 Å². The van der Waals surface area contributed by atoms with Crippen molar-refractivity contribution >= 4 is 11.7 Å². The molecule has 0 atom stereocenters. The Bertz CT molecular complexity index is 1350. The van der Waals surface area contributed by atoms with Crippen LogP contribution in [0.5, 0.6) is 0 Å². The molecule has 0 fully saturated rings. The summed E-state index contributed by atoms with van der Waals surface area (Å²) in [5.74, 6) is 0.440. The minimum absolute atomic E-state index is 0.0772. The summed E-state index contributed by atoms with van der Waals surface area (Å²) in [5, 5.41) is 27.9. The molecule has 0 radical (unpaired) electrons. The van der Waals surface area contributed by atoms with E-state index < -0.39 is 5.54 Å². The van der Waals surface area contributed by atoms with Gasteiger partial charge in [0.25, 0.3) is 0 Å². The molecule has 1 aliphatic rings. The number of allylic oxidation sites excluding steroid dienone is 3. The Kier molecular flexibility index (Phi) is 10.1. The number of rotatable bonds is 8. The Morgan fingerprint density at radius 3 is 2.47 bits per heavy atom. The van der Waals surface area contributed by atoms with Crippen molar-refractivity contribution in [2.45, 2.75) is 45.1 Å². The lowest BCUT2D eigenvalue weighted by molar-refractivity contribution is -0.115. The molecule has 2 N–H and O–H groups in total. The van der Waals surface area contributed by atoms with Gasteiger partial charge in [-0.15, -0.1) is 0 Å². The van der Waals surface area contributed by atoms with Crippen LogP contribution in [0.2, 0.25) is 0 Å². The fourth-order valence-electron chi connectivity index (χ4n) is 3.65. The smallest absolute Gasteiger partial charge is 0.229 e. The van der Waals surface area contributed by atoms with Crippen LogP contribution in [0.4, 0.5) is 5.82 Å². The highest BCUT2D eigenvalue weighted by atomic mass is 16.1. The summed E-state index contributed by atoms with van der Waals surface area (Å²) in [6, 6.07) is 15.7. The molecule has 0 saturated carbocycles. The maximum absolute atomic E-state index is 12.1. The lowest BCUT2D eigenvalue weighted by Gasteiger charge is -2.15. The molecule has 2 heterocycles. The lowest BCUT2D eigenvalue weighted by Crippen LogP contribution is -2.24. The normalized spacial score (nSPS) is 12.4. The Hall–Kier alpha value is -4.53. The number of pyridine rings is 1. The predicted molar refractivity (Wildman–Crippen MR) is 149 cm³/mol. The molecule has 0 bridgehead atoms. The quantitative estimate of drug-likeness (QED) is 0.436. The van der Waals surface area contributed by atoms with Crippen molar-refractivity contribution in [2.75, 3.05) is 18.9 Å². The number of hydrogen-bond donors (Lipinski definition) is 2. The number of hydrogen-bond acceptors (Lipinski definition) is 6. The molecular weight excluding hydrogens is 474 g/mol. The topological polar surface area (TPSA) is 119 Å². The van der Waals surface area contributed by atoms with Crippen molar-refractivity contribution in [1.82, 2.24) is 20.1 Å². The van der Waals surface area contributed by atoms with Gasteiger partial charge >= 0.3 is 0 Å². The van der Waals surface area contributed by atoms with Gasteiger partial charge in [-0.05, 0) is 82.1 Å². The van der Waals surface area contributed by atoms with Gasteiger partial charge in [0.15, 0.2) is 0 Å². The standard InChI is InChI=1S/C20H21N5O.C10H12N2/c1-20(2,14-21)25-13-17(12-23-25)16-8-9-18(22-11-16)24-19(26)10-15-6-4-3-5-7-15;1-12-7-6-9-2-4-10(8-11)5-3-9/h4,6-9,11-13H,3,5,10H2,1-2H3,(H,22,24,26);2-5,12H,6-7H2,1H3. The first-order valence-corrected chi connectivity index (χ1v) is 12.6. The Balaban J connectivity index is 0.000000279. The molecule has 0 unspecified atom stereocenters. The molecule has 0 spiro atoms. The van der Waals surface area contributed by atoms with E-state index >= 15 is 0 Å². The predicted octanol–water partition coefficient (Wildman–Crippen LogP) is 5.13. The average Bonchev–Trinajstić information content (AvgIpc) is 3.45. The monoisotopic (exact) mass is 507 g/mol. The maximum Gasteiger partial charge on any atom is 0.229 e. The zero-order chi connectivity index (χ0) is 27.4.